The van der Waals surface area contributed by atoms with E-state index in [1.807, 2.05) is 12.1 Å². The number of thiazole rings is 1. The average Bonchev–Trinajstić information content (AvgIpc) is 2.99. The molecule has 1 saturated heterocycles. The molecule has 130 valence electrons. The highest BCUT2D eigenvalue weighted by Crippen LogP contribution is 2.31. The van der Waals surface area contributed by atoms with E-state index in [0.29, 0.717) is 12.5 Å². The summed E-state index contributed by atoms with van der Waals surface area (Å²) in [5, 5.41) is 1.20. The van der Waals surface area contributed by atoms with Crippen LogP contribution in [0, 0.1) is 6.92 Å². The number of aryl methyl sites for hydroxylation is 1. The Balaban J connectivity index is 1.57. The van der Waals surface area contributed by atoms with Crippen LogP contribution in [0.4, 0.5) is 0 Å². The zero-order chi connectivity index (χ0) is 16.9. The first-order chi connectivity index (χ1) is 11.6. The first-order valence-electron chi connectivity index (χ1n) is 8.64. The van der Waals surface area contributed by atoms with E-state index in [1.165, 1.54) is 9.88 Å². The molecule has 1 aromatic carbocycles. The Labute approximate surface area is 148 Å². The molecule has 4 nitrogen and oxygen atoms in total. The van der Waals surface area contributed by atoms with Gasteiger partial charge >= 0.3 is 0 Å². The summed E-state index contributed by atoms with van der Waals surface area (Å²) < 4.78 is 11.2. The van der Waals surface area contributed by atoms with Crippen molar-refractivity contribution < 1.29 is 9.47 Å². The first kappa shape index (κ1) is 17.4. The summed E-state index contributed by atoms with van der Waals surface area (Å²) in [6, 6.07) is 8.30. The molecule has 24 heavy (non-hydrogen) atoms. The zero-order valence-corrected chi connectivity index (χ0v) is 15.6. The van der Waals surface area contributed by atoms with Gasteiger partial charge in [-0.15, -0.1) is 11.3 Å². The number of hydrogen-bond acceptors (Lipinski definition) is 5. The topological polar surface area (TPSA) is 34.6 Å². The van der Waals surface area contributed by atoms with Crippen molar-refractivity contribution in [3.05, 3.63) is 34.2 Å². The molecule has 1 aromatic heterocycles. The molecule has 0 radical (unpaired) electrons. The highest BCUT2D eigenvalue weighted by molar-refractivity contribution is 7.12. The third-order valence-electron chi connectivity index (χ3n) is 4.21. The fourth-order valence-corrected chi connectivity index (χ4v) is 3.70. The predicted molar refractivity (Wildman–Crippen MR) is 99.1 cm³/mol. The molecule has 0 aliphatic carbocycles. The van der Waals surface area contributed by atoms with E-state index in [2.05, 4.69) is 37.8 Å². The molecule has 1 fully saturated rings. The van der Waals surface area contributed by atoms with Gasteiger partial charge in [0.05, 0.1) is 23.9 Å². The van der Waals surface area contributed by atoms with E-state index < -0.39 is 0 Å². The monoisotopic (exact) mass is 346 g/mol. The lowest BCUT2D eigenvalue weighted by atomic mass is 10.1. The number of aromatic nitrogens is 1. The van der Waals surface area contributed by atoms with Gasteiger partial charge in [-0.3, -0.25) is 4.90 Å². The van der Waals surface area contributed by atoms with Gasteiger partial charge in [0.1, 0.15) is 12.4 Å². The van der Waals surface area contributed by atoms with Gasteiger partial charge in [0, 0.05) is 36.0 Å². The SMILES string of the molecule is Cc1sc(C(C)C)nc1-c1ccc(OCCN2CCOCC2)cc1. The average molecular weight is 346 g/mol. The van der Waals surface area contributed by atoms with Crippen LogP contribution in [0.3, 0.4) is 0 Å². The number of rotatable bonds is 6. The summed E-state index contributed by atoms with van der Waals surface area (Å²) in [6.07, 6.45) is 0. The van der Waals surface area contributed by atoms with Crippen molar-refractivity contribution in [2.75, 3.05) is 39.5 Å². The molecule has 5 heteroatoms. The number of hydrogen-bond donors (Lipinski definition) is 0. The third-order valence-corrected chi connectivity index (χ3v) is 5.49. The fourth-order valence-electron chi connectivity index (χ4n) is 2.76. The Kier molecular flexibility index (Phi) is 5.87. The second kappa shape index (κ2) is 8.10. The minimum atomic E-state index is 0.477. The molecule has 1 aliphatic rings. The summed E-state index contributed by atoms with van der Waals surface area (Å²) in [5.41, 5.74) is 2.26. The van der Waals surface area contributed by atoms with Crippen LogP contribution in [0.1, 0.15) is 29.7 Å². The largest absolute Gasteiger partial charge is 0.492 e. The summed E-state index contributed by atoms with van der Waals surface area (Å²) in [7, 11) is 0. The zero-order valence-electron chi connectivity index (χ0n) is 14.7. The molecular weight excluding hydrogens is 320 g/mol. The normalized spacial score (nSPS) is 15.8. The van der Waals surface area contributed by atoms with Crippen LogP contribution < -0.4 is 4.74 Å². The lowest BCUT2D eigenvalue weighted by Crippen LogP contribution is -2.38. The van der Waals surface area contributed by atoms with Crippen LogP contribution in [0.5, 0.6) is 5.75 Å². The van der Waals surface area contributed by atoms with Crippen molar-refractivity contribution in [3.63, 3.8) is 0 Å². The van der Waals surface area contributed by atoms with E-state index >= 15 is 0 Å². The second-order valence-corrected chi connectivity index (χ2v) is 7.67. The Bertz CT molecular complexity index is 646. The maximum absolute atomic E-state index is 5.87. The lowest BCUT2D eigenvalue weighted by Gasteiger charge is -2.26. The van der Waals surface area contributed by atoms with Gasteiger partial charge in [-0.05, 0) is 31.2 Å². The van der Waals surface area contributed by atoms with E-state index in [4.69, 9.17) is 14.5 Å². The van der Waals surface area contributed by atoms with Crippen molar-refractivity contribution in [2.45, 2.75) is 26.7 Å². The molecule has 0 saturated carbocycles. The maximum atomic E-state index is 5.87. The molecule has 0 bridgehead atoms. The van der Waals surface area contributed by atoms with Crippen LogP contribution in [-0.4, -0.2) is 49.3 Å². The predicted octanol–water partition coefficient (Wildman–Crippen LogP) is 3.95. The molecule has 0 unspecified atom stereocenters. The molecule has 1 aliphatic heterocycles. The van der Waals surface area contributed by atoms with E-state index in [-0.39, 0.29) is 0 Å². The van der Waals surface area contributed by atoms with Crippen LogP contribution in [0.15, 0.2) is 24.3 Å². The molecule has 0 amide bonds. The molecule has 0 atom stereocenters. The summed E-state index contributed by atoms with van der Waals surface area (Å²) in [6.45, 7) is 11.9. The van der Waals surface area contributed by atoms with Crippen molar-refractivity contribution in [1.82, 2.24) is 9.88 Å². The molecule has 2 aromatic rings. The van der Waals surface area contributed by atoms with Crippen LogP contribution in [-0.2, 0) is 4.74 Å². The molecular formula is C19H26N2O2S. The number of benzene rings is 1. The van der Waals surface area contributed by atoms with Crippen molar-refractivity contribution in [1.29, 1.82) is 0 Å². The fraction of sp³-hybridized carbons (Fsp3) is 0.526. The highest BCUT2D eigenvalue weighted by atomic mass is 32.1. The van der Waals surface area contributed by atoms with Crippen molar-refractivity contribution in [3.8, 4) is 17.0 Å². The van der Waals surface area contributed by atoms with Gasteiger partial charge in [-0.25, -0.2) is 4.98 Å². The van der Waals surface area contributed by atoms with Gasteiger partial charge in [0.15, 0.2) is 0 Å². The quantitative estimate of drug-likeness (QED) is 0.793. The third kappa shape index (κ3) is 4.35. The van der Waals surface area contributed by atoms with E-state index in [1.54, 1.807) is 11.3 Å². The summed E-state index contributed by atoms with van der Waals surface area (Å²) in [5.74, 6) is 1.40. The lowest BCUT2D eigenvalue weighted by molar-refractivity contribution is 0.0322. The molecule has 0 N–H and O–H groups in total. The summed E-state index contributed by atoms with van der Waals surface area (Å²) in [4.78, 5) is 8.45. The van der Waals surface area contributed by atoms with Crippen LogP contribution in [0.2, 0.25) is 0 Å². The first-order valence-corrected chi connectivity index (χ1v) is 9.46. The Morgan fingerprint density at radius 1 is 1.21 bits per heavy atom. The van der Waals surface area contributed by atoms with Gasteiger partial charge in [-0.2, -0.15) is 0 Å². The summed E-state index contributed by atoms with van der Waals surface area (Å²) >= 11 is 1.79. The Morgan fingerprint density at radius 3 is 2.54 bits per heavy atom. The van der Waals surface area contributed by atoms with Gasteiger partial charge < -0.3 is 9.47 Å². The number of morpholine rings is 1. The van der Waals surface area contributed by atoms with Crippen molar-refractivity contribution in [2.24, 2.45) is 0 Å². The standard InChI is InChI=1S/C19H26N2O2S/c1-14(2)19-20-18(15(3)24-19)16-4-6-17(7-5-16)23-13-10-21-8-11-22-12-9-21/h4-7,14H,8-13H2,1-3H3. The minimum Gasteiger partial charge on any atom is -0.492 e. The minimum absolute atomic E-state index is 0.477. The van der Waals surface area contributed by atoms with Crippen LogP contribution in [0.25, 0.3) is 11.3 Å². The Morgan fingerprint density at radius 2 is 1.92 bits per heavy atom. The van der Waals surface area contributed by atoms with Gasteiger partial charge in [0.2, 0.25) is 0 Å². The maximum Gasteiger partial charge on any atom is 0.119 e. The molecule has 3 rings (SSSR count). The number of ether oxygens (including phenoxy) is 2. The van der Waals surface area contributed by atoms with E-state index in [9.17, 15) is 0 Å². The van der Waals surface area contributed by atoms with Gasteiger partial charge in [-0.1, -0.05) is 13.8 Å². The molecule has 2 heterocycles. The van der Waals surface area contributed by atoms with E-state index in [0.717, 1.165) is 49.9 Å². The van der Waals surface area contributed by atoms with Crippen molar-refractivity contribution >= 4 is 11.3 Å². The number of nitrogens with zero attached hydrogens (tertiary/aromatic N) is 2. The smallest absolute Gasteiger partial charge is 0.119 e. The molecule has 0 spiro atoms. The van der Waals surface area contributed by atoms with Crippen LogP contribution >= 0.6 is 11.3 Å². The highest BCUT2D eigenvalue weighted by Gasteiger charge is 2.12. The van der Waals surface area contributed by atoms with Gasteiger partial charge in [0.25, 0.3) is 0 Å². The Hall–Kier alpha value is -1.43. The second-order valence-electron chi connectivity index (χ2n) is 6.44.